The molecule has 0 bridgehead atoms. The summed E-state index contributed by atoms with van der Waals surface area (Å²) in [5.41, 5.74) is 0. The fourth-order valence-corrected chi connectivity index (χ4v) is 2.91. The van der Waals surface area contributed by atoms with E-state index in [1.807, 2.05) is 0 Å². The Bertz CT molecular complexity index is 394. The number of aliphatic hydroxyl groups excluding tert-OH is 2. The Labute approximate surface area is 117 Å². The highest BCUT2D eigenvalue weighted by molar-refractivity contribution is 5.81. The standard InChI is InChI=1S/C14H20O6/c15-8-5-9(16)7-10(6-8)20-14(19)12-4-2-1-3-11(12)13(17)18/h1-2,8-12,15-16H,3-7H2,(H,17,18). The number of aliphatic hydroxyl groups is 2. The first kappa shape index (κ1) is 15.0. The van der Waals surface area contributed by atoms with Gasteiger partial charge in [0.25, 0.3) is 0 Å². The lowest BCUT2D eigenvalue weighted by molar-refractivity contribution is -0.166. The molecule has 4 unspecified atom stereocenters. The minimum absolute atomic E-state index is 0.290. The van der Waals surface area contributed by atoms with Crippen LogP contribution < -0.4 is 0 Å². The molecule has 0 aromatic heterocycles. The molecule has 6 nitrogen and oxygen atoms in total. The van der Waals surface area contributed by atoms with Crippen LogP contribution in [0.15, 0.2) is 12.2 Å². The van der Waals surface area contributed by atoms with Crippen molar-refractivity contribution in [3.63, 3.8) is 0 Å². The van der Waals surface area contributed by atoms with Gasteiger partial charge in [-0.05, 0) is 19.3 Å². The molecule has 4 atom stereocenters. The second-order valence-corrected chi connectivity index (χ2v) is 5.57. The molecule has 2 aliphatic rings. The number of ether oxygens (including phenoxy) is 1. The van der Waals surface area contributed by atoms with Crippen molar-refractivity contribution < 1.29 is 29.6 Å². The number of carbonyl (C=O) groups is 2. The molecule has 0 saturated heterocycles. The minimum Gasteiger partial charge on any atom is -0.481 e. The van der Waals surface area contributed by atoms with Gasteiger partial charge in [0, 0.05) is 12.8 Å². The van der Waals surface area contributed by atoms with Gasteiger partial charge in [-0.15, -0.1) is 0 Å². The van der Waals surface area contributed by atoms with Gasteiger partial charge in [0.1, 0.15) is 6.10 Å². The van der Waals surface area contributed by atoms with Crippen LogP contribution in [0.25, 0.3) is 0 Å². The van der Waals surface area contributed by atoms with Gasteiger partial charge in [0.2, 0.25) is 0 Å². The molecule has 6 heteroatoms. The van der Waals surface area contributed by atoms with Crippen molar-refractivity contribution in [2.45, 2.75) is 50.4 Å². The molecule has 0 aromatic rings. The van der Waals surface area contributed by atoms with E-state index >= 15 is 0 Å². The molecule has 0 radical (unpaired) electrons. The third-order valence-corrected chi connectivity index (χ3v) is 3.95. The number of esters is 1. The van der Waals surface area contributed by atoms with E-state index in [0.29, 0.717) is 25.7 Å². The van der Waals surface area contributed by atoms with E-state index in [2.05, 4.69) is 0 Å². The Kier molecular flexibility index (Phi) is 4.77. The van der Waals surface area contributed by atoms with Crippen molar-refractivity contribution in [2.24, 2.45) is 11.8 Å². The molecule has 0 spiro atoms. The number of hydrogen-bond donors (Lipinski definition) is 3. The zero-order chi connectivity index (χ0) is 14.7. The highest BCUT2D eigenvalue weighted by Gasteiger charge is 2.37. The van der Waals surface area contributed by atoms with Gasteiger partial charge < -0.3 is 20.1 Å². The largest absolute Gasteiger partial charge is 0.481 e. The zero-order valence-corrected chi connectivity index (χ0v) is 11.1. The number of rotatable bonds is 3. The Morgan fingerprint density at radius 3 is 2.05 bits per heavy atom. The summed E-state index contributed by atoms with van der Waals surface area (Å²) in [4.78, 5) is 23.3. The number of hydrogen-bond acceptors (Lipinski definition) is 5. The van der Waals surface area contributed by atoms with Crippen molar-refractivity contribution in [3.8, 4) is 0 Å². The molecule has 0 aromatic carbocycles. The first-order valence-corrected chi connectivity index (χ1v) is 6.91. The van der Waals surface area contributed by atoms with Crippen LogP contribution >= 0.6 is 0 Å². The van der Waals surface area contributed by atoms with Crippen LogP contribution in [-0.4, -0.2) is 45.6 Å². The monoisotopic (exact) mass is 284 g/mol. The Morgan fingerprint density at radius 2 is 1.50 bits per heavy atom. The van der Waals surface area contributed by atoms with Crippen LogP contribution in [0.3, 0.4) is 0 Å². The van der Waals surface area contributed by atoms with Crippen LogP contribution in [0.1, 0.15) is 32.1 Å². The van der Waals surface area contributed by atoms with Crippen LogP contribution in [0, 0.1) is 11.8 Å². The van der Waals surface area contributed by atoms with E-state index in [4.69, 9.17) is 9.84 Å². The van der Waals surface area contributed by atoms with Crippen molar-refractivity contribution >= 4 is 11.9 Å². The molecule has 0 amide bonds. The lowest BCUT2D eigenvalue weighted by Gasteiger charge is -2.31. The second kappa shape index (κ2) is 6.37. The van der Waals surface area contributed by atoms with Crippen molar-refractivity contribution in [1.82, 2.24) is 0 Å². The van der Waals surface area contributed by atoms with Crippen molar-refractivity contribution in [1.29, 1.82) is 0 Å². The van der Waals surface area contributed by atoms with Crippen LogP contribution in [-0.2, 0) is 14.3 Å². The Balaban J connectivity index is 1.96. The normalized spacial score (nSPS) is 37.4. The minimum atomic E-state index is -1.000. The predicted molar refractivity (Wildman–Crippen MR) is 68.7 cm³/mol. The maximum Gasteiger partial charge on any atom is 0.310 e. The Morgan fingerprint density at radius 1 is 0.950 bits per heavy atom. The highest BCUT2D eigenvalue weighted by atomic mass is 16.5. The third-order valence-electron chi connectivity index (χ3n) is 3.95. The van der Waals surface area contributed by atoms with Crippen LogP contribution in [0.5, 0.6) is 0 Å². The summed E-state index contributed by atoms with van der Waals surface area (Å²) in [6.45, 7) is 0. The molecular formula is C14H20O6. The quantitative estimate of drug-likeness (QED) is 0.514. The van der Waals surface area contributed by atoms with Crippen LogP contribution in [0.4, 0.5) is 0 Å². The molecule has 0 aliphatic heterocycles. The summed E-state index contributed by atoms with van der Waals surface area (Å²) >= 11 is 0. The van der Waals surface area contributed by atoms with Gasteiger partial charge in [-0.3, -0.25) is 9.59 Å². The molecule has 2 rings (SSSR count). The zero-order valence-electron chi connectivity index (χ0n) is 11.1. The molecule has 1 saturated carbocycles. The summed E-state index contributed by atoms with van der Waals surface area (Å²) in [5, 5.41) is 28.2. The summed E-state index contributed by atoms with van der Waals surface area (Å²) in [5.74, 6) is -2.99. The number of carboxylic acids is 1. The average Bonchev–Trinajstić information content (AvgIpc) is 2.37. The van der Waals surface area contributed by atoms with E-state index in [0.717, 1.165) is 0 Å². The topological polar surface area (TPSA) is 104 Å². The van der Waals surface area contributed by atoms with Gasteiger partial charge in [-0.2, -0.15) is 0 Å². The fraction of sp³-hybridized carbons (Fsp3) is 0.714. The van der Waals surface area contributed by atoms with Gasteiger partial charge in [0.05, 0.1) is 24.0 Å². The molecule has 0 heterocycles. The Hall–Kier alpha value is -1.40. The highest BCUT2D eigenvalue weighted by Crippen LogP contribution is 2.29. The molecular weight excluding hydrogens is 264 g/mol. The molecule has 112 valence electrons. The number of carbonyl (C=O) groups excluding carboxylic acids is 1. The van der Waals surface area contributed by atoms with Gasteiger partial charge in [0.15, 0.2) is 0 Å². The first-order chi connectivity index (χ1) is 9.47. The summed E-state index contributed by atoms with van der Waals surface area (Å²) in [6, 6.07) is 0. The summed E-state index contributed by atoms with van der Waals surface area (Å²) < 4.78 is 5.30. The maximum atomic E-state index is 12.1. The molecule has 2 aliphatic carbocycles. The SMILES string of the molecule is O=C(O)C1CC=CCC1C(=O)OC1CC(O)CC(O)C1. The van der Waals surface area contributed by atoms with E-state index < -0.39 is 42.1 Å². The fourth-order valence-electron chi connectivity index (χ4n) is 2.91. The maximum absolute atomic E-state index is 12.1. The van der Waals surface area contributed by atoms with E-state index in [-0.39, 0.29) is 6.42 Å². The van der Waals surface area contributed by atoms with Gasteiger partial charge in [-0.25, -0.2) is 0 Å². The number of allylic oxidation sites excluding steroid dienone is 2. The third kappa shape index (κ3) is 3.58. The van der Waals surface area contributed by atoms with E-state index in [1.165, 1.54) is 0 Å². The van der Waals surface area contributed by atoms with Crippen molar-refractivity contribution in [3.05, 3.63) is 12.2 Å². The molecule has 3 N–H and O–H groups in total. The van der Waals surface area contributed by atoms with Crippen LogP contribution in [0.2, 0.25) is 0 Å². The van der Waals surface area contributed by atoms with E-state index in [9.17, 15) is 19.8 Å². The lowest BCUT2D eigenvalue weighted by atomic mass is 9.83. The molecule has 1 fully saturated rings. The summed E-state index contributed by atoms with van der Waals surface area (Å²) in [6.07, 6.45) is 3.20. The van der Waals surface area contributed by atoms with Gasteiger partial charge in [-0.1, -0.05) is 12.2 Å². The lowest BCUT2D eigenvalue weighted by Crippen LogP contribution is -2.39. The number of carboxylic acid groups (broad SMARTS) is 1. The van der Waals surface area contributed by atoms with E-state index in [1.54, 1.807) is 12.2 Å². The second-order valence-electron chi connectivity index (χ2n) is 5.57. The first-order valence-electron chi connectivity index (χ1n) is 6.91. The molecule has 20 heavy (non-hydrogen) atoms. The van der Waals surface area contributed by atoms with Gasteiger partial charge >= 0.3 is 11.9 Å². The van der Waals surface area contributed by atoms with Crippen molar-refractivity contribution in [2.75, 3.05) is 0 Å². The smallest absolute Gasteiger partial charge is 0.310 e. The average molecular weight is 284 g/mol. The predicted octanol–water partition coefficient (Wildman–Crippen LogP) is 0.471. The summed E-state index contributed by atoms with van der Waals surface area (Å²) in [7, 11) is 0. The number of aliphatic carboxylic acids is 1.